The van der Waals surface area contributed by atoms with Crippen molar-refractivity contribution in [2.24, 2.45) is 0 Å². The monoisotopic (exact) mass is 445 g/mol. The quantitative estimate of drug-likeness (QED) is 0.524. The molecule has 0 aliphatic carbocycles. The second-order valence-electron chi connectivity index (χ2n) is 6.17. The van der Waals surface area contributed by atoms with Crippen LogP contribution in [-0.2, 0) is 17.9 Å². The lowest BCUT2D eigenvalue weighted by molar-refractivity contribution is -0.117. The smallest absolute Gasteiger partial charge is 0.283 e. The summed E-state index contributed by atoms with van der Waals surface area (Å²) in [5.74, 6) is -0.0677. The predicted molar refractivity (Wildman–Crippen MR) is 100 cm³/mol. The van der Waals surface area contributed by atoms with Gasteiger partial charge in [0.2, 0.25) is 5.91 Å². The van der Waals surface area contributed by atoms with Gasteiger partial charge in [-0.3, -0.25) is 14.2 Å². The van der Waals surface area contributed by atoms with Crippen molar-refractivity contribution in [2.45, 2.75) is 25.9 Å². The van der Waals surface area contributed by atoms with Crippen LogP contribution in [0.4, 0.5) is 23.2 Å². The predicted octanol–water partition coefficient (Wildman–Crippen LogP) is 4.30. The average molecular weight is 446 g/mol. The molecule has 0 saturated heterocycles. The van der Waals surface area contributed by atoms with Crippen LogP contribution in [0.5, 0.6) is 5.75 Å². The molecule has 160 valence electrons. The molecule has 7 nitrogen and oxygen atoms in total. The molecule has 1 aromatic carbocycles. The molecule has 2 heterocycles. The average Bonchev–Trinajstić information content (AvgIpc) is 3.25. The Labute approximate surface area is 173 Å². The molecule has 1 amide bonds. The molecule has 1 N–H and O–H groups in total. The van der Waals surface area contributed by atoms with Crippen molar-refractivity contribution in [1.82, 2.24) is 19.6 Å². The number of nitrogens with zero attached hydrogens (tertiary/aromatic N) is 4. The van der Waals surface area contributed by atoms with E-state index in [2.05, 4.69) is 15.5 Å². The summed E-state index contributed by atoms with van der Waals surface area (Å²) < 4.78 is 59.3. The molecule has 2 aromatic heterocycles. The summed E-state index contributed by atoms with van der Waals surface area (Å²) in [6.45, 7) is -0.317. The Morgan fingerprint density at radius 2 is 2.03 bits per heavy atom. The molecule has 0 radical (unpaired) electrons. The van der Waals surface area contributed by atoms with Gasteiger partial charge >= 0.3 is 0 Å². The fourth-order valence-corrected chi connectivity index (χ4v) is 3.05. The van der Waals surface area contributed by atoms with Gasteiger partial charge in [-0.05, 0) is 17.7 Å². The van der Waals surface area contributed by atoms with Crippen LogP contribution in [-0.4, -0.2) is 32.6 Å². The number of nitrogens with one attached hydrogen (secondary N) is 1. The maximum Gasteiger partial charge on any atom is 0.283 e. The van der Waals surface area contributed by atoms with E-state index in [0.29, 0.717) is 22.7 Å². The summed E-state index contributed by atoms with van der Waals surface area (Å²) in [7, 11) is 1.55. The number of anilines is 1. The second kappa shape index (κ2) is 9.16. The van der Waals surface area contributed by atoms with Crippen molar-refractivity contribution in [2.75, 3.05) is 12.4 Å². The summed E-state index contributed by atoms with van der Waals surface area (Å²) in [5.41, 5.74) is -0.724. The number of hydrogen-bond acceptors (Lipinski definition) is 4. The minimum Gasteiger partial charge on any atom is -0.497 e. The van der Waals surface area contributed by atoms with E-state index in [4.69, 9.17) is 16.3 Å². The molecule has 12 heteroatoms. The zero-order chi connectivity index (χ0) is 21.8. The first kappa shape index (κ1) is 21.6. The van der Waals surface area contributed by atoms with Crippen LogP contribution < -0.4 is 10.1 Å². The lowest BCUT2D eigenvalue weighted by Crippen LogP contribution is -2.21. The van der Waals surface area contributed by atoms with Crippen molar-refractivity contribution in [3.63, 3.8) is 0 Å². The van der Waals surface area contributed by atoms with E-state index in [0.717, 1.165) is 5.56 Å². The SMILES string of the molecule is COc1cccc(Cn2cc(NC(=O)Cn3nc(C(F)F)c(Cl)c3C(F)F)cn2)c1. The number of rotatable bonds is 8. The largest absolute Gasteiger partial charge is 0.497 e. The Hall–Kier alpha value is -3.08. The third-order valence-electron chi connectivity index (χ3n) is 4.06. The number of carbonyl (C=O) groups is 1. The Balaban J connectivity index is 1.68. The van der Waals surface area contributed by atoms with E-state index in [1.807, 2.05) is 18.2 Å². The van der Waals surface area contributed by atoms with Crippen molar-refractivity contribution in [1.29, 1.82) is 0 Å². The van der Waals surface area contributed by atoms with Crippen LogP contribution in [0.2, 0.25) is 5.02 Å². The van der Waals surface area contributed by atoms with Gasteiger partial charge in [0.25, 0.3) is 12.9 Å². The lowest BCUT2D eigenvalue weighted by Gasteiger charge is -2.07. The normalized spacial score (nSPS) is 11.3. The molecule has 30 heavy (non-hydrogen) atoms. The topological polar surface area (TPSA) is 74.0 Å². The molecule has 0 aliphatic heterocycles. The molecular formula is C18H16ClF4N5O2. The maximum absolute atomic E-state index is 13.2. The minimum absolute atomic E-state index is 0.300. The third kappa shape index (κ3) is 4.90. The highest BCUT2D eigenvalue weighted by molar-refractivity contribution is 6.32. The Morgan fingerprint density at radius 3 is 2.70 bits per heavy atom. The van der Waals surface area contributed by atoms with Gasteiger partial charge in [-0.1, -0.05) is 23.7 Å². The van der Waals surface area contributed by atoms with E-state index in [1.54, 1.807) is 17.9 Å². The highest BCUT2D eigenvalue weighted by Gasteiger charge is 2.28. The molecule has 0 fully saturated rings. The molecule has 0 saturated carbocycles. The van der Waals surface area contributed by atoms with Crippen molar-refractivity contribution in [3.8, 4) is 5.75 Å². The van der Waals surface area contributed by atoms with E-state index < -0.39 is 41.7 Å². The lowest BCUT2D eigenvalue weighted by atomic mass is 10.2. The Bertz CT molecular complexity index is 1040. The highest BCUT2D eigenvalue weighted by Crippen LogP contribution is 2.34. The molecule has 3 rings (SSSR count). The summed E-state index contributed by atoms with van der Waals surface area (Å²) in [4.78, 5) is 12.2. The fourth-order valence-electron chi connectivity index (χ4n) is 2.75. The van der Waals surface area contributed by atoms with Crippen molar-refractivity contribution < 1.29 is 27.1 Å². The zero-order valence-electron chi connectivity index (χ0n) is 15.5. The molecule has 3 aromatic rings. The molecule has 0 spiro atoms. The van der Waals surface area contributed by atoms with Gasteiger partial charge in [-0.15, -0.1) is 0 Å². The van der Waals surface area contributed by atoms with Crippen LogP contribution in [0.3, 0.4) is 0 Å². The first-order valence-electron chi connectivity index (χ1n) is 8.56. The first-order chi connectivity index (χ1) is 14.3. The number of hydrogen-bond donors (Lipinski definition) is 1. The van der Waals surface area contributed by atoms with E-state index in [-0.39, 0.29) is 0 Å². The summed E-state index contributed by atoms with van der Waals surface area (Å²) in [6, 6.07) is 7.32. The van der Waals surface area contributed by atoms with Gasteiger partial charge in [0.15, 0.2) is 0 Å². The number of amides is 1. The second-order valence-corrected chi connectivity index (χ2v) is 6.55. The zero-order valence-corrected chi connectivity index (χ0v) is 16.3. The Kier molecular flexibility index (Phi) is 6.60. The van der Waals surface area contributed by atoms with E-state index >= 15 is 0 Å². The fraction of sp³-hybridized carbons (Fsp3) is 0.278. The minimum atomic E-state index is -3.17. The van der Waals surface area contributed by atoms with Gasteiger partial charge in [-0.25, -0.2) is 17.6 Å². The molecule has 0 aliphatic rings. The van der Waals surface area contributed by atoms with Gasteiger partial charge in [0.05, 0.1) is 30.6 Å². The number of alkyl halides is 4. The molecular weight excluding hydrogens is 430 g/mol. The van der Waals surface area contributed by atoms with Gasteiger partial charge in [0, 0.05) is 6.20 Å². The highest BCUT2D eigenvalue weighted by atomic mass is 35.5. The molecule has 0 unspecified atom stereocenters. The number of benzene rings is 1. The summed E-state index contributed by atoms with van der Waals surface area (Å²) in [5, 5.41) is 9.08. The number of methoxy groups -OCH3 is 1. The third-order valence-corrected chi connectivity index (χ3v) is 4.45. The number of aromatic nitrogens is 4. The first-order valence-corrected chi connectivity index (χ1v) is 8.94. The van der Waals surface area contributed by atoms with Crippen LogP contribution >= 0.6 is 11.6 Å². The van der Waals surface area contributed by atoms with E-state index in [1.165, 1.54) is 12.4 Å². The van der Waals surface area contributed by atoms with E-state index in [9.17, 15) is 22.4 Å². The van der Waals surface area contributed by atoms with Crippen molar-refractivity contribution in [3.05, 3.63) is 58.6 Å². The Morgan fingerprint density at radius 1 is 1.27 bits per heavy atom. The maximum atomic E-state index is 13.2. The molecule has 0 bridgehead atoms. The summed E-state index contributed by atoms with van der Waals surface area (Å²) >= 11 is 5.57. The van der Waals surface area contributed by atoms with Crippen LogP contribution in [0, 0.1) is 0 Å². The van der Waals surface area contributed by atoms with Gasteiger partial charge in [0.1, 0.15) is 23.7 Å². The van der Waals surface area contributed by atoms with Gasteiger partial charge in [-0.2, -0.15) is 10.2 Å². The molecule has 0 atom stereocenters. The number of ether oxygens (including phenoxy) is 1. The summed E-state index contributed by atoms with van der Waals surface area (Å²) in [6.07, 6.45) is -3.41. The standard InChI is InChI=1S/C18H16ClF4N5O2/c1-30-12-4-2-3-10(5-12)7-27-8-11(6-24-27)25-13(29)9-28-16(18(22)23)14(19)15(26-28)17(20)21/h2-6,8,17-18H,7,9H2,1H3,(H,25,29). The van der Waals surface area contributed by atoms with Crippen LogP contribution in [0.15, 0.2) is 36.7 Å². The van der Waals surface area contributed by atoms with Crippen molar-refractivity contribution >= 4 is 23.2 Å². The number of carbonyl (C=O) groups excluding carboxylic acids is 1. The van der Waals surface area contributed by atoms with Crippen LogP contribution in [0.25, 0.3) is 0 Å². The number of halogens is 5. The van der Waals surface area contributed by atoms with Crippen LogP contribution in [0.1, 0.15) is 29.8 Å². The van der Waals surface area contributed by atoms with Gasteiger partial charge < -0.3 is 10.1 Å².